The molecule has 9 heteroatoms. The van der Waals surface area contributed by atoms with E-state index in [1.165, 1.54) is 4.90 Å². The molecule has 4 nitrogen and oxygen atoms in total. The molecular weight excluding hydrogens is 536 g/mol. The molecule has 0 N–H and O–H groups in total. The molecule has 0 aromatic heterocycles. The lowest BCUT2D eigenvalue weighted by atomic mass is 10.1. The lowest BCUT2D eigenvalue weighted by Gasteiger charge is -2.14. The molecular formula is C25H17Cl4NO3S. The van der Waals surface area contributed by atoms with Crippen molar-refractivity contribution in [2.75, 3.05) is 0 Å². The van der Waals surface area contributed by atoms with Crippen molar-refractivity contribution in [2.24, 2.45) is 0 Å². The molecule has 1 aliphatic heterocycles. The summed E-state index contributed by atoms with van der Waals surface area (Å²) >= 11 is 25.8. The molecule has 1 heterocycles. The first-order valence-electron chi connectivity index (χ1n) is 10.1. The monoisotopic (exact) mass is 551 g/mol. The van der Waals surface area contributed by atoms with Crippen molar-refractivity contribution in [2.45, 2.75) is 20.1 Å². The van der Waals surface area contributed by atoms with Crippen LogP contribution in [0, 0.1) is 6.92 Å². The Morgan fingerprint density at radius 3 is 2.29 bits per heavy atom. The second-order valence-corrected chi connectivity index (χ2v) is 10.2. The third-order valence-corrected chi connectivity index (χ3v) is 7.22. The molecule has 174 valence electrons. The molecule has 0 saturated carbocycles. The topological polar surface area (TPSA) is 46.6 Å². The Kier molecular flexibility index (Phi) is 7.80. The van der Waals surface area contributed by atoms with Crippen LogP contribution in [-0.2, 0) is 17.9 Å². The molecule has 1 aliphatic rings. The molecule has 4 rings (SSSR count). The van der Waals surface area contributed by atoms with E-state index in [1.807, 2.05) is 31.2 Å². The van der Waals surface area contributed by atoms with Gasteiger partial charge in [-0.3, -0.25) is 14.5 Å². The van der Waals surface area contributed by atoms with Crippen molar-refractivity contribution in [1.29, 1.82) is 0 Å². The van der Waals surface area contributed by atoms with Crippen LogP contribution in [0.5, 0.6) is 5.75 Å². The van der Waals surface area contributed by atoms with Gasteiger partial charge in [-0.15, -0.1) is 0 Å². The van der Waals surface area contributed by atoms with E-state index in [1.54, 1.807) is 36.4 Å². The van der Waals surface area contributed by atoms with Gasteiger partial charge in [0, 0.05) is 15.6 Å². The summed E-state index contributed by atoms with van der Waals surface area (Å²) < 4.78 is 5.79. The molecule has 0 unspecified atom stereocenters. The standard InChI is InChI=1S/C25H17Cl4NO3S/c1-14-4-2-3-5-16(14)12-30-24(31)22(34-25(30)32)10-15-8-20(28)23(21(29)9-15)33-13-17-6-7-18(26)11-19(17)27/h2-11H,12-13H2,1H3/b22-10-. The number of nitrogens with zero attached hydrogens (tertiary/aromatic N) is 1. The van der Waals surface area contributed by atoms with Crippen LogP contribution in [0.4, 0.5) is 4.79 Å². The molecule has 1 fully saturated rings. The van der Waals surface area contributed by atoms with Crippen molar-refractivity contribution in [3.8, 4) is 5.75 Å². The van der Waals surface area contributed by atoms with Gasteiger partial charge in [0.15, 0.2) is 5.75 Å². The number of ether oxygens (including phenoxy) is 1. The zero-order valence-electron chi connectivity index (χ0n) is 17.8. The summed E-state index contributed by atoms with van der Waals surface area (Å²) in [5, 5.41) is 1.21. The summed E-state index contributed by atoms with van der Waals surface area (Å²) in [6.45, 7) is 2.31. The fourth-order valence-corrected chi connectivity index (χ4v) is 5.25. The van der Waals surface area contributed by atoms with Gasteiger partial charge in [0.05, 0.1) is 21.5 Å². The quantitative estimate of drug-likeness (QED) is 0.288. The summed E-state index contributed by atoms with van der Waals surface area (Å²) in [6.07, 6.45) is 1.60. The van der Waals surface area contributed by atoms with E-state index in [-0.39, 0.29) is 34.3 Å². The predicted molar refractivity (Wildman–Crippen MR) is 140 cm³/mol. The van der Waals surface area contributed by atoms with Gasteiger partial charge in [0.25, 0.3) is 11.1 Å². The molecule has 0 bridgehead atoms. The number of halogens is 4. The molecule has 0 aliphatic carbocycles. The van der Waals surface area contributed by atoms with Crippen LogP contribution >= 0.6 is 58.2 Å². The Morgan fingerprint density at radius 1 is 0.912 bits per heavy atom. The first-order chi connectivity index (χ1) is 16.2. The normalized spacial score (nSPS) is 14.9. The van der Waals surface area contributed by atoms with Crippen LogP contribution in [0.1, 0.15) is 22.3 Å². The smallest absolute Gasteiger partial charge is 0.293 e. The number of aryl methyl sites for hydroxylation is 1. The number of imide groups is 1. The lowest BCUT2D eigenvalue weighted by Crippen LogP contribution is -2.27. The fraction of sp³-hybridized carbons (Fsp3) is 0.120. The minimum atomic E-state index is -0.358. The van der Waals surface area contributed by atoms with Gasteiger partial charge in [-0.05, 0) is 65.7 Å². The number of hydrogen-bond donors (Lipinski definition) is 0. The van der Waals surface area contributed by atoms with Crippen LogP contribution in [-0.4, -0.2) is 16.0 Å². The lowest BCUT2D eigenvalue weighted by molar-refractivity contribution is -0.123. The fourth-order valence-electron chi connectivity index (χ4n) is 3.33. The van der Waals surface area contributed by atoms with Crippen LogP contribution in [0.25, 0.3) is 6.08 Å². The highest BCUT2D eigenvalue weighted by atomic mass is 35.5. The van der Waals surface area contributed by atoms with Crippen LogP contribution in [0.2, 0.25) is 20.1 Å². The van der Waals surface area contributed by atoms with E-state index < -0.39 is 0 Å². The maximum atomic E-state index is 12.9. The summed E-state index contributed by atoms with van der Waals surface area (Å²) in [5.41, 5.74) is 3.23. The second kappa shape index (κ2) is 10.6. The van der Waals surface area contributed by atoms with E-state index >= 15 is 0 Å². The molecule has 0 radical (unpaired) electrons. The Bertz CT molecular complexity index is 1300. The molecule has 0 atom stereocenters. The number of carbonyl (C=O) groups is 2. The molecule has 34 heavy (non-hydrogen) atoms. The van der Waals surface area contributed by atoms with Crippen LogP contribution < -0.4 is 4.74 Å². The molecule has 1 saturated heterocycles. The summed E-state index contributed by atoms with van der Waals surface area (Å²) in [6, 6.07) is 16.0. The van der Waals surface area contributed by atoms with E-state index in [0.29, 0.717) is 26.3 Å². The number of amides is 2. The minimum Gasteiger partial charge on any atom is -0.486 e. The molecule has 3 aromatic carbocycles. The number of carbonyl (C=O) groups excluding carboxylic acids is 2. The van der Waals surface area contributed by atoms with Crippen LogP contribution in [0.3, 0.4) is 0 Å². The van der Waals surface area contributed by atoms with Gasteiger partial charge < -0.3 is 4.74 Å². The van der Waals surface area contributed by atoms with Crippen LogP contribution in [0.15, 0.2) is 59.5 Å². The number of rotatable bonds is 6. The third kappa shape index (κ3) is 5.56. The van der Waals surface area contributed by atoms with Gasteiger partial charge in [-0.1, -0.05) is 76.7 Å². The zero-order chi connectivity index (χ0) is 24.4. The maximum Gasteiger partial charge on any atom is 0.293 e. The Morgan fingerprint density at radius 2 is 1.62 bits per heavy atom. The van der Waals surface area contributed by atoms with Crippen molar-refractivity contribution < 1.29 is 14.3 Å². The Balaban J connectivity index is 1.51. The highest BCUT2D eigenvalue weighted by molar-refractivity contribution is 8.18. The maximum absolute atomic E-state index is 12.9. The Labute approximate surface area is 221 Å². The van der Waals surface area contributed by atoms with E-state index in [4.69, 9.17) is 51.1 Å². The van der Waals surface area contributed by atoms with E-state index in [9.17, 15) is 9.59 Å². The first-order valence-corrected chi connectivity index (χ1v) is 12.4. The molecule has 0 spiro atoms. The third-order valence-electron chi connectivity index (χ3n) is 5.17. The van der Waals surface area contributed by atoms with Crippen molar-refractivity contribution in [3.63, 3.8) is 0 Å². The molecule has 3 aromatic rings. The largest absolute Gasteiger partial charge is 0.486 e. The van der Waals surface area contributed by atoms with Crippen molar-refractivity contribution >= 4 is 75.4 Å². The number of hydrogen-bond acceptors (Lipinski definition) is 4. The first kappa shape index (κ1) is 25.0. The summed E-state index contributed by atoms with van der Waals surface area (Å²) in [4.78, 5) is 26.9. The number of benzene rings is 3. The van der Waals surface area contributed by atoms with E-state index in [0.717, 1.165) is 28.5 Å². The summed E-state index contributed by atoms with van der Waals surface area (Å²) in [7, 11) is 0. The minimum absolute atomic E-state index is 0.145. The van der Waals surface area contributed by atoms with Crippen molar-refractivity contribution in [1.82, 2.24) is 4.90 Å². The second-order valence-electron chi connectivity index (χ2n) is 7.53. The van der Waals surface area contributed by atoms with Gasteiger partial charge in [0.2, 0.25) is 0 Å². The van der Waals surface area contributed by atoms with Gasteiger partial charge >= 0.3 is 0 Å². The van der Waals surface area contributed by atoms with Gasteiger partial charge in [0.1, 0.15) is 6.61 Å². The van der Waals surface area contributed by atoms with E-state index in [2.05, 4.69) is 0 Å². The highest BCUT2D eigenvalue weighted by Gasteiger charge is 2.35. The highest BCUT2D eigenvalue weighted by Crippen LogP contribution is 2.38. The SMILES string of the molecule is Cc1ccccc1CN1C(=O)S/C(=C\c2cc(Cl)c(OCc3ccc(Cl)cc3Cl)c(Cl)c2)C1=O. The molecule has 2 amide bonds. The van der Waals surface area contributed by atoms with Crippen molar-refractivity contribution in [3.05, 3.63) is 102 Å². The average molecular weight is 553 g/mol. The summed E-state index contributed by atoms with van der Waals surface area (Å²) in [5.74, 6) is -0.0673. The van der Waals surface area contributed by atoms with Gasteiger partial charge in [-0.25, -0.2) is 0 Å². The predicted octanol–water partition coefficient (Wildman–Crippen LogP) is 8.42. The zero-order valence-corrected chi connectivity index (χ0v) is 21.6. The Hall–Kier alpha value is -2.15. The number of thioether (sulfide) groups is 1. The average Bonchev–Trinajstić information content (AvgIpc) is 3.03. The van der Waals surface area contributed by atoms with Gasteiger partial charge in [-0.2, -0.15) is 0 Å².